The summed E-state index contributed by atoms with van der Waals surface area (Å²) in [6.07, 6.45) is 7.02. The molecule has 0 radical (unpaired) electrons. The Bertz CT molecular complexity index is 256. The van der Waals surface area contributed by atoms with Gasteiger partial charge in [0.05, 0.1) is 5.54 Å². The number of amides is 1. The first-order valence-corrected chi connectivity index (χ1v) is 5.71. The first-order valence-electron chi connectivity index (χ1n) is 5.71. The minimum atomic E-state index is -0.468. The van der Waals surface area contributed by atoms with Gasteiger partial charge < -0.3 is 10.6 Å². The van der Waals surface area contributed by atoms with E-state index in [1.165, 1.54) is 24.8 Å². The van der Waals surface area contributed by atoms with E-state index in [9.17, 15) is 4.79 Å². The number of carbonyl (C=O) groups excluding carboxylic acids is 1. The van der Waals surface area contributed by atoms with Crippen LogP contribution < -0.4 is 10.6 Å². The molecule has 1 aliphatic carbocycles. The zero-order valence-corrected chi connectivity index (χ0v) is 10.0. The Balaban J connectivity index is 2.22. The van der Waals surface area contributed by atoms with E-state index in [4.69, 9.17) is 0 Å². The van der Waals surface area contributed by atoms with Crippen LogP contribution in [0.15, 0.2) is 11.6 Å². The highest BCUT2D eigenvalue weighted by Crippen LogP contribution is 2.19. The van der Waals surface area contributed by atoms with E-state index in [-0.39, 0.29) is 5.91 Å². The lowest BCUT2D eigenvalue weighted by Crippen LogP contribution is -2.51. The summed E-state index contributed by atoms with van der Waals surface area (Å²) in [6.45, 7) is 4.53. The third kappa shape index (κ3) is 3.67. The lowest BCUT2D eigenvalue weighted by molar-refractivity contribution is -0.126. The summed E-state index contributed by atoms with van der Waals surface area (Å²) < 4.78 is 0. The average molecular weight is 210 g/mol. The predicted molar refractivity (Wildman–Crippen MR) is 62.7 cm³/mol. The zero-order valence-electron chi connectivity index (χ0n) is 10.0. The van der Waals surface area contributed by atoms with Crippen molar-refractivity contribution in [3.05, 3.63) is 11.6 Å². The number of hydrogen-bond donors (Lipinski definition) is 2. The number of hydrogen-bond acceptors (Lipinski definition) is 2. The summed E-state index contributed by atoms with van der Waals surface area (Å²) in [5.41, 5.74) is 1.03. The molecule has 0 saturated heterocycles. The number of rotatable bonds is 5. The highest BCUT2D eigenvalue weighted by atomic mass is 16.2. The Labute approximate surface area is 92.3 Å². The molecule has 3 nitrogen and oxygen atoms in total. The van der Waals surface area contributed by atoms with Crippen molar-refractivity contribution >= 4 is 5.91 Å². The maximum atomic E-state index is 11.7. The van der Waals surface area contributed by atoms with E-state index in [1.807, 2.05) is 13.8 Å². The quantitative estimate of drug-likeness (QED) is 0.677. The van der Waals surface area contributed by atoms with Gasteiger partial charge in [0, 0.05) is 6.54 Å². The second kappa shape index (κ2) is 5.31. The van der Waals surface area contributed by atoms with Gasteiger partial charge in [-0.25, -0.2) is 0 Å². The molecule has 0 unspecified atom stereocenters. The van der Waals surface area contributed by atoms with E-state index in [2.05, 4.69) is 16.7 Å². The Kier molecular flexibility index (Phi) is 4.33. The molecule has 0 fully saturated rings. The van der Waals surface area contributed by atoms with Gasteiger partial charge >= 0.3 is 0 Å². The summed E-state index contributed by atoms with van der Waals surface area (Å²) in [7, 11) is 1.80. The van der Waals surface area contributed by atoms with E-state index in [1.54, 1.807) is 7.05 Å². The molecule has 1 aliphatic rings. The van der Waals surface area contributed by atoms with Crippen LogP contribution >= 0.6 is 0 Å². The molecular weight excluding hydrogens is 188 g/mol. The lowest BCUT2D eigenvalue weighted by Gasteiger charge is -2.22. The Morgan fingerprint density at radius 3 is 2.80 bits per heavy atom. The molecule has 86 valence electrons. The summed E-state index contributed by atoms with van der Waals surface area (Å²) in [4.78, 5) is 11.7. The van der Waals surface area contributed by atoms with Crippen molar-refractivity contribution in [1.82, 2.24) is 10.6 Å². The van der Waals surface area contributed by atoms with E-state index >= 15 is 0 Å². The normalized spacial score (nSPS) is 16.3. The molecule has 0 spiro atoms. The van der Waals surface area contributed by atoms with Crippen molar-refractivity contribution in [1.29, 1.82) is 0 Å². The Morgan fingerprint density at radius 1 is 1.53 bits per heavy atom. The molecule has 2 N–H and O–H groups in total. The van der Waals surface area contributed by atoms with Crippen molar-refractivity contribution in [2.45, 2.75) is 45.1 Å². The number of likely N-dealkylation sites (N-methyl/N-ethyl adjacent to an activating group) is 1. The molecule has 3 heteroatoms. The van der Waals surface area contributed by atoms with Gasteiger partial charge in [-0.2, -0.15) is 0 Å². The number of carbonyl (C=O) groups is 1. The maximum Gasteiger partial charge on any atom is 0.239 e. The first kappa shape index (κ1) is 12.2. The van der Waals surface area contributed by atoms with Gasteiger partial charge in [-0.3, -0.25) is 4.79 Å². The lowest BCUT2D eigenvalue weighted by atomic mass is 10.1. The minimum Gasteiger partial charge on any atom is -0.354 e. The fourth-order valence-electron chi connectivity index (χ4n) is 1.64. The zero-order chi connectivity index (χ0) is 11.3. The van der Waals surface area contributed by atoms with Gasteiger partial charge in [0.25, 0.3) is 0 Å². The predicted octanol–water partition coefficient (Wildman–Crippen LogP) is 1.60. The van der Waals surface area contributed by atoms with Gasteiger partial charge in [0.2, 0.25) is 5.91 Å². The number of allylic oxidation sites excluding steroid dienone is 1. The highest BCUT2D eigenvalue weighted by Gasteiger charge is 2.24. The second-order valence-corrected chi connectivity index (χ2v) is 4.64. The summed E-state index contributed by atoms with van der Waals surface area (Å²) in [6, 6.07) is 0. The molecular formula is C12H22N2O. The SMILES string of the molecule is CNC(C)(C)C(=O)NCCC1=CCCC1. The topological polar surface area (TPSA) is 41.1 Å². The molecule has 0 aliphatic heterocycles. The molecule has 0 bridgehead atoms. The molecule has 0 aromatic heterocycles. The van der Waals surface area contributed by atoms with Gasteiger partial charge in [0.1, 0.15) is 0 Å². The average Bonchev–Trinajstić information content (AvgIpc) is 2.70. The molecule has 0 heterocycles. The fourth-order valence-corrected chi connectivity index (χ4v) is 1.64. The summed E-state index contributed by atoms with van der Waals surface area (Å²) in [5, 5.41) is 5.95. The van der Waals surface area contributed by atoms with Crippen LogP contribution in [0.2, 0.25) is 0 Å². The summed E-state index contributed by atoms with van der Waals surface area (Å²) >= 11 is 0. The maximum absolute atomic E-state index is 11.7. The molecule has 1 amide bonds. The van der Waals surface area contributed by atoms with Crippen molar-refractivity contribution < 1.29 is 4.79 Å². The second-order valence-electron chi connectivity index (χ2n) is 4.64. The number of nitrogens with one attached hydrogen (secondary N) is 2. The van der Waals surface area contributed by atoms with Gasteiger partial charge in [-0.15, -0.1) is 0 Å². The Hall–Kier alpha value is -0.830. The van der Waals surface area contributed by atoms with Crippen molar-refractivity contribution in [3.63, 3.8) is 0 Å². The van der Waals surface area contributed by atoms with Crippen LogP contribution in [-0.2, 0) is 4.79 Å². The minimum absolute atomic E-state index is 0.0728. The van der Waals surface area contributed by atoms with Crippen LogP contribution in [0.4, 0.5) is 0 Å². The largest absolute Gasteiger partial charge is 0.354 e. The van der Waals surface area contributed by atoms with E-state index < -0.39 is 5.54 Å². The van der Waals surface area contributed by atoms with Crippen LogP contribution in [0.25, 0.3) is 0 Å². The molecule has 1 rings (SSSR count). The highest BCUT2D eigenvalue weighted by molar-refractivity contribution is 5.85. The first-order chi connectivity index (χ1) is 7.06. The third-order valence-electron chi connectivity index (χ3n) is 3.06. The smallest absolute Gasteiger partial charge is 0.239 e. The van der Waals surface area contributed by atoms with Gasteiger partial charge in [0.15, 0.2) is 0 Å². The van der Waals surface area contributed by atoms with Crippen LogP contribution in [0, 0.1) is 0 Å². The molecule has 15 heavy (non-hydrogen) atoms. The van der Waals surface area contributed by atoms with Crippen molar-refractivity contribution in [2.24, 2.45) is 0 Å². The fraction of sp³-hybridized carbons (Fsp3) is 0.750. The van der Waals surface area contributed by atoms with Crippen LogP contribution in [0.5, 0.6) is 0 Å². The molecule has 0 aromatic rings. The van der Waals surface area contributed by atoms with Crippen molar-refractivity contribution in [2.75, 3.05) is 13.6 Å². The standard InChI is InChI=1S/C12H22N2O/c1-12(2,13-3)11(15)14-9-8-10-6-4-5-7-10/h6,13H,4-5,7-9H2,1-3H3,(H,14,15). The molecule has 0 atom stereocenters. The van der Waals surface area contributed by atoms with Crippen LogP contribution in [-0.4, -0.2) is 25.0 Å². The van der Waals surface area contributed by atoms with Crippen LogP contribution in [0.3, 0.4) is 0 Å². The van der Waals surface area contributed by atoms with Gasteiger partial charge in [-0.05, 0) is 46.6 Å². The third-order valence-corrected chi connectivity index (χ3v) is 3.06. The van der Waals surface area contributed by atoms with E-state index in [0.29, 0.717) is 0 Å². The van der Waals surface area contributed by atoms with E-state index in [0.717, 1.165) is 13.0 Å². The Morgan fingerprint density at radius 2 is 2.27 bits per heavy atom. The van der Waals surface area contributed by atoms with Crippen molar-refractivity contribution in [3.8, 4) is 0 Å². The van der Waals surface area contributed by atoms with Crippen LogP contribution in [0.1, 0.15) is 39.5 Å². The molecule has 0 saturated carbocycles. The van der Waals surface area contributed by atoms with Gasteiger partial charge in [-0.1, -0.05) is 11.6 Å². The molecule has 0 aromatic carbocycles. The summed E-state index contributed by atoms with van der Waals surface area (Å²) in [5.74, 6) is 0.0728. The monoisotopic (exact) mass is 210 g/mol.